The van der Waals surface area contributed by atoms with E-state index in [9.17, 15) is 4.79 Å². The van der Waals surface area contributed by atoms with Crippen molar-refractivity contribution in [1.29, 1.82) is 0 Å². The Labute approximate surface area is 109 Å². The lowest BCUT2D eigenvalue weighted by Crippen LogP contribution is -1.85. The third kappa shape index (κ3) is 1.79. The van der Waals surface area contributed by atoms with Gasteiger partial charge in [0.1, 0.15) is 6.29 Å². The van der Waals surface area contributed by atoms with Crippen molar-refractivity contribution in [2.45, 2.75) is 0 Å². The Morgan fingerprint density at radius 3 is 2.50 bits per heavy atom. The number of hydrogen-bond donors (Lipinski definition) is 0. The fourth-order valence-electron chi connectivity index (χ4n) is 1.35. The van der Waals surface area contributed by atoms with E-state index in [1.807, 2.05) is 18.2 Å². The van der Waals surface area contributed by atoms with Crippen LogP contribution in [0.25, 0.3) is 10.8 Å². The zero-order valence-corrected chi connectivity index (χ0v) is 11.4. The molecule has 0 radical (unpaired) electrons. The van der Waals surface area contributed by atoms with E-state index in [1.54, 1.807) is 0 Å². The highest BCUT2D eigenvalue weighted by Crippen LogP contribution is 2.25. The van der Waals surface area contributed by atoms with Crippen LogP contribution in [0.15, 0.2) is 30.3 Å². The summed E-state index contributed by atoms with van der Waals surface area (Å²) in [4.78, 5) is 10.6. The molecule has 3 heteroatoms. The molecular formula is C11H6I2O. The average molecular weight is 408 g/mol. The molecule has 1 nitrogen and oxygen atoms in total. The lowest BCUT2D eigenvalue weighted by atomic mass is 10.1. The van der Waals surface area contributed by atoms with Crippen LogP contribution in [0, 0.1) is 7.14 Å². The van der Waals surface area contributed by atoms with Gasteiger partial charge in [0.15, 0.2) is 0 Å². The average Bonchev–Trinajstić information content (AvgIpc) is 2.23. The summed E-state index contributed by atoms with van der Waals surface area (Å²) in [5, 5.41) is 2.34. The van der Waals surface area contributed by atoms with Gasteiger partial charge in [-0.3, -0.25) is 4.79 Å². The molecule has 0 amide bonds. The van der Waals surface area contributed by atoms with Crippen molar-refractivity contribution in [2.24, 2.45) is 0 Å². The lowest BCUT2D eigenvalue weighted by molar-refractivity contribution is 0.112. The fraction of sp³-hybridized carbons (Fsp3) is 0. The highest BCUT2D eigenvalue weighted by atomic mass is 127. The van der Waals surface area contributed by atoms with E-state index in [0.29, 0.717) is 0 Å². The van der Waals surface area contributed by atoms with Gasteiger partial charge in [-0.05, 0) is 68.1 Å². The normalized spacial score (nSPS) is 10.4. The first-order valence-electron chi connectivity index (χ1n) is 4.05. The van der Waals surface area contributed by atoms with Crippen LogP contribution in [0.3, 0.4) is 0 Å². The molecule has 0 heterocycles. The first kappa shape index (κ1) is 10.4. The van der Waals surface area contributed by atoms with E-state index in [0.717, 1.165) is 17.2 Å². The minimum atomic E-state index is 0.734. The first-order chi connectivity index (χ1) is 6.72. The van der Waals surface area contributed by atoms with Crippen LogP contribution in [0.2, 0.25) is 0 Å². The number of aldehydes is 1. The molecule has 2 aromatic carbocycles. The Morgan fingerprint density at radius 1 is 1.07 bits per heavy atom. The number of carbonyl (C=O) groups is 1. The number of benzene rings is 2. The topological polar surface area (TPSA) is 17.1 Å². The summed E-state index contributed by atoms with van der Waals surface area (Å²) in [6, 6.07) is 9.93. The van der Waals surface area contributed by atoms with E-state index >= 15 is 0 Å². The molecule has 0 bridgehead atoms. The maximum absolute atomic E-state index is 10.6. The molecule has 0 N–H and O–H groups in total. The van der Waals surface area contributed by atoms with E-state index in [1.165, 1.54) is 12.5 Å². The molecule has 0 saturated carbocycles. The van der Waals surface area contributed by atoms with Gasteiger partial charge < -0.3 is 0 Å². The van der Waals surface area contributed by atoms with Crippen LogP contribution >= 0.6 is 45.2 Å². The van der Waals surface area contributed by atoms with Gasteiger partial charge in [-0.2, -0.15) is 0 Å². The highest BCUT2D eigenvalue weighted by molar-refractivity contribution is 14.1. The first-order valence-corrected chi connectivity index (χ1v) is 6.21. The van der Waals surface area contributed by atoms with Crippen molar-refractivity contribution in [3.63, 3.8) is 0 Å². The highest BCUT2D eigenvalue weighted by Gasteiger charge is 2.03. The third-order valence-electron chi connectivity index (χ3n) is 2.07. The maximum Gasteiger partial charge on any atom is 0.150 e. The third-order valence-corrected chi connectivity index (χ3v) is 5.16. The largest absolute Gasteiger partial charge is 0.298 e. The molecule has 0 spiro atoms. The molecule has 0 saturated heterocycles. The number of carbonyl (C=O) groups excluding carboxylic acids is 1. The standard InChI is InChI=1S/C11H6I2O/c12-10-4-3-8-2-1-7(6-14)5-9(8)11(10)13/h1-6H. The van der Waals surface area contributed by atoms with Gasteiger partial charge in [0.2, 0.25) is 0 Å². The molecule has 70 valence electrons. The minimum Gasteiger partial charge on any atom is -0.298 e. The molecule has 0 atom stereocenters. The van der Waals surface area contributed by atoms with Gasteiger partial charge >= 0.3 is 0 Å². The van der Waals surface area contributed by atoms with Gasteiger partial charge in [0.05, 0.1) is 0 Å². The van der Waals surface area contributed by atoms with Crippen LogP contribution in [-0.2, 0) is 0 Å². The van der Waals surface area contributed by atoms with Crippen LogP contribution in [0.5, 0.6) is 0 Å². The molecule has 0 aliphatic heterocycles. The van der Waals surface area contributed by atoms with E-state index in [2.05, 4.69) is 57.3 Å². The van der Waals surface area contributed by atoms with Gasteiger partial charge in [-0.25, -0.2) is 0 Å². The van der Waals surface area contributed by atoms with Crippen molar-refractivity contribution >= 4 is 62.2 Å². The maximum atomic E-state index is 10.6. The molecule has 2 aromatic rings. The predicted molar refractivity (Wildman–Crippen MR) is 74.8 cm³/mol. The summed E-state index contributed by atoms with van der Waals surface area (Å²) in [5.41, 5.74) is 0.734. The van der Waals surface area contributed by atoms with E-state index in [4.69, 9.17) is 0 Å². The van der Waals surface area contributed by atoms with E-state index < -0.39 is 0 Å². The smallest absolute Gasteiger partial charge is 0.150 e. The minimum absolute atomic E-state index is 0.734. The van der Waals surface area contributed by atoms with Crippen LogP contribution < -0.4 is 0 Å². The lowest BCUT2D eigenvalue weighted by Gasteiger charge is -2.03. The predicted octanol–water partition coefficient (Wildman–Crippen LogP) is 3.86. The Hall–Kier alpha value is -0.170. The summed E-state index contributed by atoms with van der Waals surface area (Å²) in [6.45, 7) is 0. The second-order valence-electron chi connectivity index (χ2n) is 2.96. The molecule has 14 heavy (non-hydrogen) atoms. The number of rotatable bonds is 1. The van der Waals surface area contributed by atoms with Gasteiger partial charge in [-0.15, -0.1) is 0 Å². The summed E-state index contributed by atoms with van der Waals surface area (Å²) in [7, 11) is 0. The molecular weight excluding hydrogens is 402 g/mol. The van der Waals surface area contributed by atoms with Gasteiger partial charge in [-0.1, -0.05) is 18.2 Å². The molecule has 0 aromatic heterocycles. The zero-order chi connectivity index (χ0) is 10.1. The number of hydrogen-bond acceptors (Lipinski definition) is 1. The van der Waals surface area contributed by atoms with Crippen LogP contribution in [0.1, 0.15) is 10.4 Å². The summed E-state index contributed by atoms with van der Waals surface area (Å²) in [6.07, 6.45) is 0.884. The molecule has 2 rings (SSSR count). The van der Waals surface area contributed by atoms with Crippen molar-refractivity contribution in [3.05, 3.63) is 43.0 Å². The monoisotopic (exact) mass is 408 g/mol. The Balaban J connectivity index is 2.84. The number of fused-ring (bicyclic) bond motifs is 1. The SMILES string of the molecule is O=Cc1ccc2ccc(I)c(I)c2c1. The quantitative estimate of drug-likeness (QED) is 0.518. The van der Waals surface area contributed by atoms with Gasteiger partial charge in [0.25, 0.3) is 0 Å². The van der Waals surface area contributed by atoms with E-state index in [-0.39, 0.29) is 0 Å². The van der Waals surface area contributed by atoms with Crippen molar-refractivity contribution in [1.82, 2.24) is 0 Å². The molecule has 0 fully saturated rings. The molecule has 0 aliphatic carbocycles. The van der Waals surface area contributed by atoms with Crippen LogP contribution in [-0.4, -0.2) is 6.29 Å². The Bertz CT molecular complexity index is 506. The molecule has 0 unspecified atom stereocenters. The van der Waals surface area contributed by atoms with Crippen molar-refractivity contribution in [3.8, 4) is 0 Å². The Morgan fingerprint density at radius 2 is 1.79 bits per heavy atom. The number of halogens is 2. The fourth-order valence-corrected chi connectivity index (χ4v) is 2.46. The summed E-state index contributed by atoms with van der Waals surface area (Å²) in [5.74, 6) is 0. The van der Waals surface area contributed by atoms with Crippen molar-refractivity contribution in [2.75, 3.05) is 0 Å². The Kier molecular flexibility index (Phi) is 3.06. The summed E-state index contributed by atoms with van der Waals surface area (Å²) >= 11 is 4.61. The van der Waals surface area contributed by atoms with Gasteiger partial charge in [0, 0.05) is 12.7 Å². The van der Waals surface area contributed by atoms with Crippen molar-refractivity contribution < 1.29 is 4.79 Å². The summed E-state index contributed by atoms with van der Waals surface area (Å²) < 4.78 is 2.43. The second-order valence-corrected chi connectivity index (χ2v) is 5.20. The zero-order valence-electron chi connectivity index (χ0n) is 7.13. The molecule has 0 aliphatic rings. The second kappa shape index (κ2) is 4.14. The van der Waals surface area contributed by atoms with Crippen LogP contribution in [0.4, 0.5) is 0 Å².